The second-order valence-electron chi connectivity index (χ2n) is 22.4. The first-order valence-electron chi connectivity index (χ1n) is 27.4. The quantitative estimate of drug-likeness (QED) is 0.0395. The van der Waals surface area contributed by atoms with Crippen molar-refractivity contribution in [2.75, 3.05) is 38.4 Å². The molecule has 394 valence electrons. The summed E-state index contributed by atoms with van der Waals surface area (Å²) in [6.45, 7) is 4.63. The average molecular weight is 1040 g/mol. The van der Waals surface area contributed by atoms with Gasteiger partial charge in [-0.3, -0.25) is 4.79 Å². The first kappa shape index (κ1) is 51.4. The second kappa shape index (κ2) is 22.1. The molecule has 1 spiro atoms. The zero-order valence-corrected chi connectivity index (χ0v) is 44.9. The molecule has 6 bridgehead atoms. The van der Waals surface area contributed by atoms with Crippen molar-refractivity contribution in [1.82, 2.24) is 16.0 Å². The van der Waals surface area contributed by atoms with Gasteiger partial charge in [0.25, 0.3) is 0 Å². The smallest absolute Gasteiger partial charge is 0.302 e. The summed E-state index contributed by atoms with van der Waals surface area (Å²) in [4.78, 5) is 13.0. The van der Waals surface area contributed by atoms with Crippen LogP contribution in [0.5, 0.6) is 28.7 Å². The van der Waals surface area contributed by atoms with Gasteiger partial charge in [0.05, 0.1) is 30.9 Å². The Morgan fingerprint density at radius 2 is 1.95 bits per heavy atom. The average Bonchev–Trinajstić information content (AvgIpc) is 3.91. The fraction of sp³-hybridized carbons (Fsp3) is 0.550. The van der Waals surface area contributed by atoms with Gasteiger partial charge in [-0.25, -0.2) is 0 Å². The van der Waals surface area contributed by atoms with E-state index in [1.165, 1.54) is 19.8 Å². The Bertz CT molecular complexity index is 2800. The highest BCUT2D eigenvalue weighted by molar-refractivity contribution is 8.76. The number of nitrogens with one attached hydrogen (secondary N) is 3. The number of phenols is 2. The minimum atomic E-state index is -0.691. The molecule has 12 nitrogen and oxygen atoms in total. The van der Waals surface area contributed by atoms with Crippen molar-refractivity contribution in [2.45, 2.75) is 152 Å². The lowest BCUT2D eigenvalue weighted by atomic mass is 9.65. The van der Waals surface area contributed by atoms with Gasteiger partial charge in [-0.2, -0.15) is 0 Å². The van der Waals surface area contributed by atoms with Gasteiger partial charge >= 0.3 is 5.97 Å². The molecule has 10 unspecified atom stereocenters. The maximum absolute atomic E-state index is 13.1. The minimum Gasteiger partial charge on any atom is -0.508 e. The van der Waals surface area contributed by atoms with E-state index in [0.717, 1.165) is 137 Å². The third kappa shape index (κ3) is 10.1. The lowest BCUT2D eigenvalue weighted by Crippen LogP contribution is -2.49. The first-order valence-corrected chi connectivity index (χ1v) is 29.9. The summed E-state index contributed by atoms with van der Waals surface area (Å²) in [5.41, 5.74) is 16.4. The molecule has 8 N–H and O–H groups in total. The molecule has 3 aromatic carbocycles. The topological polar surface area (TPSA) is 177 Å². The largest absolute Gasteiger partial charge is 0.508 e. The van der Waals surface area contributed by atoms with Crippen molar-refractivity contribution in [2.24, 2.45) is 23.5 Å². The molecule has 5 aliphatic heterocycles. The van der Waals surface area contributed by atoms with E-state index < -0.39 is 18.2 Å². The molecule has 11 rings (SSSR count). The number of unbranched alkanes of at least 4 members (excludes halogenated alkanes) is 2. The Kier molecular flexibility index (Phi) is 15.3. The Hall–Kier alpha value is -4.75. The Morgan fingerprint density at radius 3 is 2.78 bits per heavy atom. The van der Waals surface area contributed by atoms with Crippen LogP contribution >= 0.6 is 21.6 Å². The van der Waals surface area contributed by atoms with Crippen molar-refractivity contribution in [1.29, 1.82) is 0 Å². The maximum atomic E-state index is 13.1. The Labute approximate surface area is 444 Å². The van der Waals surface area contributed by atoms with Crippen LogP contribution in [0.15, 0.2) is 53.8 Å². The summed E-state index contributed by atoms with van der Waals surface area (Å²) in [6.07, 6.45) is 20.6. The number of hydrogen-bond acceptors (Lipinski definition) is 14. The summed E-state index contributed by atoms with van der Waals surface area (Å²) < 4.78 is 27.3. The number of carbonyl (C=O) groups is 1. The lowest BCUT2D eigenvalue weighted by Gasteiger charge is -2.39. The van der Waals surface area contributed by atoms with E-state index in [9.17, 15) is 20.1 Å². The van der Waals surface area contributed by atoms with Gasteiger partial charge in [-0.1, -0.05) is 90.5 Å². The number of esters is 1. The number of methoxy groups -OCH3 is 1. The summed E-state index contributed by atoms with van der Waals surface area (Å²) in [5, 5.41) is 46.0. The number of phenolic OH excluding ortho intramolecular Hbond substituents is 2. The molecule has 14 heteroatoms. The maximum Gasteiger partial charge on any atom is 0.302 e. The monoisotopic (exact) mass is 1040 g/mol. The number of aromatic hydroxyl groups is 2. The van der Waals surface area contributed by atoms with Crippen molar-refractivity contribution in [3.05, 3.63) is 92.7 Å². The van der Waals surface area contributed by atoms with E-state index in [0.29, 0.717) is 54.5 Å². The molecule has 3 aliphatic carbocycles. The molecule has 0 aromatic heterocycles. The van der Waals surface area contributed by atoms with Crippen molar-refractivity contribution < 1.29 is 39.1 Å². The minimum absolute atomic E-state index is 0.0481. The number of benzene rings is 3. The molecule has 0 amide bonds. The number of ether oxygens (including phenoxy) is 4. The fourth-order valence-corrected chi connectivity index (χ4v) is 16.5. The molecule has 2 saturated carbocycles. The Balaban J connectivity index is 1.14. The highest BCUT2D eigenvalue weighted by Crippen LogP contribution is 2.63. The predicted octanol–water partition coefficient (Wildman–Crippen LogP) is 9.76. The SMILES string of the molecule is CCCCCC(CO)CNCc1c(O)c2c(c3c1CC#CC1=C(C=CC(N)N1)CC1CCC4(Cc5cc(O)cc(OC)c5-c5ccc6c(c54)OC3C6COC(C)=O)C1)C=CC1NC3CCCC(CSSCC1O2)C3. The van der Waals surface area contributed by atoms with E-state index in [4.69, 9.17) is 24.7 Å². The molecule has 5 heterocycles. The van der Waals surface area contributed by atoms with Gasteiger partial charge in [-0.05, 0) is 116 Å². The molecule has 3 fully saturated rings. The standard InChI is InChI=1S/C60H74N4O8S2/c1-4-5-6-9-37(30-65)28-62-29-46-42-12-8-13-48-38(14-19-52(61)64-48)22-35-20-21-60(26-35)27-39-24-41(67)25-50(69-3)53(39)44-16-15-43-47(31-70-34(2)66)57(72-58(43)55(44)60)54(42)45-17-18-49-51(71-59(45)56(46)68)33-74-73-32-36-10-7-11-40(23-36)63-49/h14-19,24-25,35-37,40,47,49,51-52,57,62-65,67-68H,4-7,9-12,20-23,26-33,61H2,1-3H3. The van der Waals surface area contributed by atoms with Gasteiger partial charge in [0.2, 0.25) is 0 Å². The fourth-order valence-electron chi connectivity index (χ4n) is 13.9. The van der Waals surface area contributed by atoms with Crippen LogP contribution in [0, 0.1) is 29.6 Å². The van der Waals surface area contributed by atoms with E-state index in [-0.39, 0.29) is 60.6 Å². The highest BCUT2D eigenvalue weighted by Gasteiger charge is 2.52. The molecule has 3 aromatic rings. The summed E-state index contributed by atoms with van der Waals surface area (Å²) >= 11 is 0. The first-order chi connectivity index (χ1) is 36.0. The van der Waals surface area contributed by atoms with Crippen molar-refractivity contribution in [3.63, 3.8) is 0 Å². The van der Waals surface area contributed by atoms with E-state index in [2.05, 4.69) is 65.1 Å². The number of rotatable bonds is 12. The number of nitrogens with two attached hydrogens (primary N) is 1. The third-order valence-corrected chi connectivity index (χ3v) is 20.0. The number of carbonyl (C=O) groups excluding carboxylic acids is 1. The molecule has 10 atom stereocenters. The molecule has 8 aliphatic rings. The second-order valence-corrected chi connectivity index (χ2v) is 24.9. The zero-order valence-electron chi connectivity index (χ0n) is 43.2. The predicted molar refractivity (Wildman–Crippen MR) is 295 cm³/mol. The molecule has 1 saturated heterocycles. The van der Waals surface area contributed by atoms with Crippen LogP contribution in [0.3, 0.4) is 0 Å². The van der Waals surface area contributed by atoms with Crippen molar-refractivity contribution >= 4 is 33.6 Å². The molecular formula is C60H74N4O8S2. The van der Waals surface area contributed by atoms with Crippen LogP contribution in [0.1, 0.15) is 142 Å². The van der Waals surface area contributed by atoms with Gasteiger partial charge in [0, 0.05) is 95.5 Å². The summed E-state index contributed by atoms with van der Waals surface area (Å²) in [7, 11) is 5.44. The van der Waals surface area contributed by atoms with E-state index in [1.54, 1.807) is 13.2 Å². The molecule has 74 heavy (non-hydrogen) atoms. The van der Waals surface area contributed by atoms with Gasteiger partial charge in [0.15, 0.2) is 11.5 Å². The van der Waals surface area contributed by atoms with Crippen LogP contribution in [-0.2, 0) is 34.3 Å². The lowest BCUT2D eigenvalue weighted by molar-refractivity contribution is -0.141. The van der Waals surface area contributed by atoms with Crippen LogP contribution in [0.4, 0.5) is 0 Å². The van der Waals surface area contributed by atoms with E-state index >= 15 is 0 Å². The van der Waals surface area contributed by atoms with Crippen LogP contribution < -0.4 is 35.9 Å². The zero-order chi connectivity index (χ0) is 51.1. The van der Waals surface area contributed by atoms with Crippen LogP contribution in [0.2, 0.25) is 0 Å². The van der Waals surface area contributed by atoms with Gasteiger partial charge in [0.1, 0.15) is 36.1 Å². The number of aliphatic hydroxyl groups excluding tert-OH is 1. The summed E-state index contributed by atoms with van der Waals surface area (Å²) in [5.74, 6) is 11.3. The highest BCUT2D eigenvalue weighted by atomic mass is 33.1. The Morgan fingerprint density at radius 1 is 1.07 bits per heavy atom. The molecular weight excluding hydrogens is 969 g/mol. The number of dihydropyridines is 1. The number of fused-ring (bicyclic) bond motifs is 11. The third-order valence-electron chi connectivity index (χ3n) is 17.4. The number of aliphatic hydroxyl groups is 1. The summed E-state index contributed by atoms with van der Waals surface area (Å²) in [6, 6.07) is 8.19. The van der Waals surface area contributed by atoms with Crippen LogP contribution in [-0.4, -0.2) is 84.0 Å². The van der Waals surface area contributed by atoms with Crippen LogP contribution in [0.25, 0.3) is 17.2 Å². The molecule has 0 radical (unpaired) electrons. The number of hydrogen-bond donors (Lipinski definition) is 7. The normalized spacial score (nSPS) is 28.6. The van der Waals surface area contributed by atoms with Crippen molar-refractivity contribution in [3.8, 4) is 51.7 Å². The van der Waals surface area contributed by atoms with E-state index in [1.807, 2.05) is 33.7 Å². The van der Waals surface area contributed by atoms with Gasteiger partial charge < -0.3 is 56.0 Å². The van der Waals surface area contributed by atoms with Gasteiger partial charge in [-0.15, -0.1) is 0 Å². The number of allylic oxidation sites excluding steroid dienone is 3.